The van der Waals surface area contributed by atoms with Gasteiger partial charge in [-0.15, -0.1) is 0 Å². The van der Waals surface area contributed by atoms with Gasteiger partial charge < -0.3 is 14.6 Å². The number of aromatic nitrogens is 1. The van der Waals surface area contributed by atoms with Crippen molar-refractivity contribution in [2.75, 3.05) is 0 Å². The lowest BCUT2D eigenvalue weighted by atomic mass is 10.1. The highest BCUT2D eigenvalue weighted by molar-refractivity contribution is 5.79. The summed E-state index contributed by atoms with van der Waals surface area (Å²) in [5.74, 6) is 1.05. The summed E-state index contributed by atoms with van der Waals surface area (Å²) in [6.45, 7) is 0. The Morgan fingerprint density at radius 3 is 1.79 bits per heavy atom. The Balaban J connectivity index is 1.84. The topological polar surface area (TPSA) is 110 Å². The highest BCUT2D eigenvalue weighted by atomic mass is 16.6. The van der Waals surface area contributed by atoms with Crippen molar-refractivity contribution in [3.8, 4) is 45.5 Å². The number of nitro groups is 1. The van der Waals surface area contributed by atoms with Gasteiger partial charge in [-0.25, -0.2) is 4.98 Å². The summed E-state index contributed by atoms with van der Waals surface area (Å²) >= 11 is 0. The standard InChI is InChI=1S/C21H14N2O5/c24-17-9-3-13(4-10-17)19-20(14-5-11-18(25)12-6-14)28-21(22-19)15-1-7-16(8-2-15)23(26)27/h1-12,24-25H. The molecule has 0 unspecified atom stereocenters. The fourth-order valence-electron chi connectivity index (χ4n) is 2.79. The first-order valence-corrected chi connectivity index (χ1v) is 8.36. The van der Waals surface area contributed by atoms with Gasteiger partial charge in [0.15, 0.2) is 5.76 Å². The molecule has 0 aliphatic rings. The van der Waals surface area contributed by atoms with Gasteiger partial charge in [-0.1, -0.05) is 0 Å². The van der Waals surface area contributed by atoms with Crippen LogP contribution in [0.3, 0.4) is 0 Å². The van der Waals surface area contributed by atoms with Crippen LogP contribution in [0.1, 0.15) is 0 Å². The van der Waals surface area contributed by atoms with Crippen molar-refractivity contribution in [2.24, 2.45) is 0 Å². The monoisotopic (exact) mass is 374 g/mol. The van der Waals surface area contributed by atoms with Crippen LogP contribution in [0.4, 0.5) is 5.69 Å². The molecule has 0 saturated heterocycles. The van der Waals surface area contributed by atoms with Gasteiger partial charge >= 0.3 is 0 Å². The van der Waals surface area contributed by atoms with Gasteiger partial charge in [0.05, 0.1) is 4.92 Å². The third-order valence-corrected chi connectivity index (χ3v) is 4.22. The van der Waals surface area contributed by atoms with Gasteiger partial charge in [0.1, 0.15) is 17.2 Å². The average Bonchev–Trinajstić information content (AvgIpc) is 3.14. The summed E-state index contributed by atoms with van der Waals surface area (Å²) in [5, 5.41) is 30.0. The van der Waals surface area contributed by atoms with E-state index in [1.807, 2.05) is 0 Å². The fourth-order valence-corrected chi connectivity index (χ4v) is 2.79. The van der Waals surface area contributed by atoms with Crippen LogP contribution in [-0.2, 0) is 0 Å². The van der Waals surface area contributed by atoms with Gasteiger partial charge in [0, 0.05) is 28.8 Å². The molecule has 7 heteroatoms. The van der Waals surface area contributed by atoms with E-state index in [2.05, 4.69) is 4.98 Å². The van der Waals surface area contributed by atoms with E-state index in [9.17, 15) is 20.3 Å². The fraction of sp³-hybridized carbons (Fsp3) is 0. The lowest BCUT2D eigenvalue weighted by molar-refractivity contribution is -0.384. The maximum atomic E-state index is 10.9. The molecule has 2 N–H and O–H groups in total. The number of oxazole rings is 1. The molecule has 138 valence electrons. The molecule has 0 bridgehead atoms. The predicted molar refractivity (Wildman–Crippen MR) is 103 cm³/mol. The number of benzene rings is 3. The van der Waals surface area contributed by atoms with Crippen LogP contribution in [0.15, 0.2) is 77.2 Å². The Hall–Kier alpha value is -4.13. The summed E-state index contributed by atoms with van der Waals surface area (Å²) in [4.78, 5) is 15.0. The molecule has 0 aliphatic carbocycles. The van der Waals surface area contributed by atoms with E-state index in [0.717, 1.165) is 5.56 Å². The second-order valence-electron chi connectivity index (χ2n) is 6.09. The molecule has 0 atom stereocenters. The first-order chi connectivity index (χ1) is 13.5. The van der Waals surface area contributed by atoms with Crippen molar-refractivity contribution in [3.63, 3.8) is 0 Å². The van der Waals surface area contributed by atoms with Gasteiger partial charge in [0.2, 0.25) is 5.89 Å². The zero-order valence-corrected chi connectivity index (χ0v) is 14.4. The molecule has 0 saturated carbocycles. The summed E-state index contributed by atoms with van der Waals surface area (Å²) in [6.07, 6.45) is 0. The molecule has 0 fully saturated rings. The minimum atomic E-state index is -0.469. The smallest absolute Gasteiger partial charge is 0.269 e. The Bertz CT molecular complexity index is 1070. The van der Waals surface area contributed by atoms with Crippen molar-refractivity contribution in [1.82, 2.24) is 4.98 Å². The number of hydrogen-bond acceptors (Lipinski definition) is 6. The number of nitrogens with zero attached hydrogens (tertiary/aromatic N) is 2. The quantitative estimate of drug-likeness (QED) is 0.384. The van der Waals surface area contributed by atoms with Crippen LogP contribution >= 0.6 is 0 Å². The number of hydrogen-bond donors (Lipinski definition) is 2. The van der Waals surface area contributed by atoms with E-state index in [0.29, 0.717) is 28.5 Å². The molecule has 0 radical (unpaired) electrons. The van der Waals surface area contributed by atoms with E-state index in [1.54, 1.807) is 60.7 Å². The van der Waals surface area contributed by atoms with Crippen molar-refractivity contribution in [1.29, 1.82) is 0 Å². The zero-order valence-electron chi connectivity index (χ0n) is 14.4. The second-order valence-corrected chi connectivity index (χ2v) is 6.09. The molecule has 28 heavy (non-hydrogen) atoms. The van der Waals surface area contributed by atoms with Crippen LogP contribution < -0.4 is 0 Å². The van der Waals surface area contributed by atoms with Crippen LogP contribution in [-0.4, -0.2) is 20.1 Å². The first-order valence-electron chi connectivity index (χ1n) is 8.36. The third-order valence-electron chi connectivity index (χ3n) is 4.22. The first kappa shape index (κ1) is 17.3. The summed E-state index contributed by atoms with van der Waals surface area (Å²) in [7, 11) is 0. The highest BCUT2D eigenvalue weighted by Gasteiger charge is 2.19. The van der Waals surface area contributed by atoms with Crippen LogP contribution in [0.2, 0.25) is 0 Å². The van der Waals surface area contributed by atoms with Crippen molar-refractivity contribution in [3.05, 3.63) is 82.9 Å². The molecular formula is C21H14N2O5. The normalized spacial score (nSPS) is 10.7. The third kappa shape index (κ3) is 3.28. The Labute approximate surface area is 159 Å². The van der Waals surface area contributed by atoms with Gasteiger partial charge in [-0.05, 0) is 60.7 Å². The van der Waals surface area contributed by atoms with Gasteiger partial charge in [0.25, 0.3) is 5.69 Å². The number of rotatable bonds is 4. The maximum absolute atomic E-state index is 10.9. The second kappa shape index (κ2) is 6.88. The number of phenols is 2. The zero-order chi connectivity index (χ0) is 19.7. The van der Waals surface area contributed by atoms with Crippen LogP contribution in [0.5, 0.6) is 11.5 Å². The van der Waals surface area contributed by atoms with E-state index < -0.39 is 4.92 Å². The van der Waals surface area contributed by atoms with Crippen molar-refractivity contribution < 1.29 is 19.6 Å². The molecule has 0 amide bonds. The minimum absolute atomic E-state index is 0.0205. The molecule has 0 spiro atoms. The largest absolute Gasteiger partial charge is 0.508 e. The number of phenolic OH excluding ortho intramolecular Hbond substituents is 2. The summed E-state index contributed by atoms with van der Waals surface area (Å²) < 4.78 is 5.99. The summed E-state index contributed by atoms with van der Waals surface area (Å²) in [5.41, 5.74) is 2.57. The summed E-state index contributed by atoms with van der Waals surface area (Å²) in [6, 6.07) is 19.0. The minimum Gasteiger partial charge on any atom is -0.508 e. The molecule has 7 nitrogen and oxygen atoms in total. The van der Waals surface area contributed by atoms with E-state index >= 15 is 0 Å². The molecule has 4 rings (SSSR count). The number of aromatic hydroxyl groups is 2. The number of non-ortho nitro benzene ring substituents is 1. The van der Waals surface area contributed by atoms with E-state index in [-0.39, 0.29) is 17.2 Å². The Morgan fingerprint density at radius 2 is 1.25 bits per heavy atom. The van der Waals surface area contributed by atoms with E-state index in [1.165, 1.54) is 12.1 Å². The maximum Gasteiger partial charge on any atom is 0.269 e. The molecule has 1 aromatic heterocycles. The molecule has 4 aromatic rings. The van der Waals surface area contributed by atoms with Crippen LogP contribution in [0, 0.1) is 10.1 Å². The van der Waals surface area contributed by atoms with Gasteiger partial charge in [-0.2, -0.15) is 0 Å². The molecule has 0 aliphatic heterocycles. The van der Waals surface area contributed by atoms with E-state index in [4.69, 9.17) is 4.42 Å². The lowest BCUT2D eigenvalue weighted by Gasteiger charge is -2.02. The van der Waals surface area contributed by atoms with Gasteiger partial charge in [-0.3, -0.25) is 10.1 Å². The molecule has 3 aromatic carbocycles. The molecule has 1 heterocycles. The molecular weight excluding hydrogens is 360 g/mol. The Morgan fingerprint density at radius 1 is 0.750 bits per heavy atom. The Kier molecular flexibility index (Phi) is 4.25. The SMILES string of the molecule is O=[N+]([O-])c1ccc(-c2nc(-c3ccc(O)cc3)c(-c3ccc(O)cc3)o2)cc1. The highest BCUT2D eigenvalue weighted by Crippen LogP contribution is 2.37. The van der Waals surface area contributed by atoms with Crippen LogP contribution in [0.25, 0.3) is 34.0 Å². The van der Waals surface area contributed by atoms with Crippen molar-refractivity contribution in [2.45, 2.75) is 0 Å². The lowest BCUT2D eigenvalue weighted by Crippen LogP contribution is -1.87. The van der Waals surface area contributed by atoms with Crippen molar-refractivity contribution >= 4 is 5.69 Å². The number of nitro benzene ring substituents is 1. The average molecular weight is 374 g/mol. The predicted octanol–water partition coefficient (Wildman–Crippen LogP) is 5.00.